The summed E-state index contributed by atoms with van der Waals surface area (Å²) < 4.78 is 5.53. The first-order valence-corrected chi connectivity index (χ1v) is 11.4. The highest BCUT2D eigenvalue weighted by Crippen LogP contribution is 2.29. The van der Waals surface area contributed by atoms with Crippen LogP contribution >= 0.6 is 0 Å². The van der Waals surface area contributed by atoms with Gasteiger partial charge in [0.2, 0.25) is 0 Å². The molecule has 0 aliphatic carbocycles. The number of rotatable bonds is 5. The summed E-state index contributed by atoms with van der Waals surface area (Å²) in [4.78, 5) is 29.6. The summed E-state index contributed by atoms with van der Waals surface area (Å²) >= 11 is 0. The van der Waals surface area contributed by atoms with Crippen LogP contribution in [0.2, 0.25) is 0 Å². The molecule has 1 aliphatic rings. The van der Waals surface area contributed by atoms with Crippen LogP contribution in [0.15, 0.2) is 77.3 Å². The highest BCUT2D eigenvalue weighted by atomic mass is 16.5. The molecule has 0 radical (unpaired) electrons. The molecule has 172 valence electrons. The van der Waals surface area contributed by atoms with Gasteiger partial charge < -0.3 is 19.6 Å². The van der Waals surface area contributed by atoms with Crippen LogP contribution in [0.5, 0.6) is 0 Å². The number of carbonyl (C=O) groups is 2. The maximum Gasteiger partial charge on any atom is 0.253 e. The van der Waals surface area contributed by atoms with Crippen molar-refractivity contribution < 1.29 is 14.1 Å². The topological polar surface area (TPSA) is 78.7 Å². The number of nitrogens with one attached hydrogen (secondary N) is 1. The molecule has 7 heteroatoms. The predicted molar refractivity (Wildman–Crippen MR) is 130 cm³/mol. The third kappa shape index (κ3) is 4.56. The van der Waals surface area contributed by atoms with Crippen molar-refractivity contribution in [3.8, 4) is 11.3 Å². The largest absolute Gasteiger partial charge is 0.355 e. The van der Waals surface area contributed by atoms with E-state index in [2.05, 4.69) is 22.4 Å². The Labute approximate surface area is 197 Å². The van der Waals surface area contributed by atoms with E-state index in [1.807, 2.05) is 59.5 Å². The molecule has 0 unspecified atom stereocenters. The summed E-state index contributed by atoms with van der Waals surface area (Å²) in [5.41, 5.74) is 3.75. The number of piperazine rings is 1. The van der Waals surface area contributed by atoms with Crippen LogP contribution in [0, 0.1) is 0 Å². The molecule has 34 heavy (non-hydrogen) atoms. The molecule has 1 fully saturated rings. The van der Waals surface area contributed by atoms with Gasteiger partial charge >= 0.3 is 0 Å². The minimum Gasteiger partial charge on any atom is -0.355 e. The van der Waals surface area contributed by atoms with Crippen molar-refractivity contribution in [1.82, 2.24) is 20.3 Å². The van der Waals surface area contributed by atoms with Gasteiger partial charge in [-0.05, 0) is 42.9 Å². The molecule has 0 atom stereocenters. The van der Waals surface area contributed by atoms with Crippen molar-refractivity contribution in [2.45, 2.75) is 6.54 Å². The van der Waals surface area contributed by atoms with Gasteiger partial charge in [-0.2, -0.15) is 0 Å². The number of amides is 2. The number of carbonyl (C=O) groups excluding carboxylic acids is 2. The zero-order chi connectivity index (χ0) is 23.5. The Morgan fingerprint density at radius 2 is 1.62 bits per heavy atom. The van der Waals surface area contributed by atoms with E-state index in [1.165, 1.54) is 0 Å². The van der Waals surface area contributed by atoms with Gasteiger partial charge in [0.05, 0.1) is 5.39 Å². The van der Waals surface area contributed by atoms with Gasteiger partial charge in [-0.3, -0.25) is 9.59 Å². The zero-order valence-corrected chi connectivity index (χ0v) is 19.0. The number of likely N-dealkylation sites (N-methyl/N-ethyl adjacent to an activating group) is 1. The highest BCUT2D eigenvalue weighted by Gasteiger charge is 2.20. The van der Waals surface area contributed by atoms with Crippen molar-refractivity contribution in [3.05, 3.63) is 89.5 Å². The molecular formula is C27H26N4O3. The van der Waals surface area contributed by atoms with Crippen LogP contribution in [-0.2, 0) is 6.54 Å². The standard InChI is InChI=1S/C27H26N4O3/c1-30-13-15-31(16-14-30)27(33)21-9-7-19(8-10-21)18-28-26(32)22-11-12-24-23(17-22)25(34-29-24)20-5-3-2-4-6-20/h2-12,17H,13-16,18H2,1H3,(H,28,32). The van der Waals surface area contributed by atoms with E-state index in [-0.39, 0.29) is 11.8 Å². The molecule has 1 saturated heterocycles. The molecule has 1 N–H and O–H groups in total. The van der Waals surface area contributed by atoms with E-state index in [1.54, 1.807) is 18.2 Å². The normalized spacial score (nSPS) is 14.3. The molecule has 1 aromatic heterocycles. The van der Waals surface area contributed by atoms with Crippen molar-refractivity contribution >= 4 is 22.7 Å². The Morgan fingerprint density at radius 1 is 0.912 bits per heavy atom. The number of benzene rings is 3. The van der Waals surface area contributed by atoms with E-state index in [9.17, 15) is 9.59 Å². The lowest BCUT2D eigenvalue weighted by Crippen LogP contribution is -2.47. The van der Waals surface area contributed by atoms with Crippen LogP contribution in [0.1, 0.15) is 26.3 Å². The van der Waals surface area contributed by atoms with Crippen molar-refractivity contribution in [3.63, 3.8) is 0 Å². The van der Waals surface area contributed by atoms with Gasteiger partial charge in [-0.25, -0.2) is 0 Å². The predicted octanol–water partition coefficient (Wildman–Crippen LogP) is 3.81. The fraction of sp³-hybridized carbons (Fsp3) is 0.222. The van der Waals surface area contributed by atoms with E-state index in [4.69, 9.17) is 4.52 Å². The summed E-state index contributed by atoms with van der Waals surface area (Å²) in [6.45, 7) is 3.65. The molecule has 0 saturated carbocycles. The number of hydrogen-bond donors (Lipinski definition) is 1. The number of aromatic nitrogens is 1. The second-order valence-electron chi connectivity index (χ2n) is 8.58. The van der Waals surface area contributed by atoms with Gasteiger partial charge in [0.25, 0.3) is 11.8 Å². The summed E-state index contributed by atoms with van der Waals surface area (Å²) in [6.07, 6.45) is 0. The lowest BCUT2D eigenvalue weighted by Gasteiger charge is -2.32. The van der Waals surface area contributed by atoms with E-state index in [0.717, 1.165) is 42.7 Å². The average molecular weight is 455 g/mol. The van der Waals surface area contributed by atoms with Gasteiger partial charge in [0, 0.05) is 49.4 Å². The SMILES string of the molecule is CN1CCN(C(=O)c2ccc(CNC(=O)c3ccc4noc(-c5ccccc5)c4c3)cc2)CC1. The Hall–Kier alpha value is -3.97. The van der Waals surface area contributed by atoms with Gasteiger partial charge in [0.1, 0.15) is 5.52 Å². The lowest BCUT2D eigenvalue weighted by atomic mass is 10.1. The highest BCUT2D eigenvalue weighted by molar-refractivity contribution is 6.01. The Morgan fingerprint density at radius 3 is 2.35 bits per heavy atom. The summed E-state index contributed by atoms with van der Waals surface area (Å²) in [5.74, 6) is 0.519. The summed E-state index contributed by atoms with van der Waals surface area (Å²) in [7, 11) is 2.07. The number of fused-ring (bicyclic) bond motifs is 1. The summed E-state index contributed by atoms with van der Waals surface area (Å²) in [6, 6.07) is 22.5. The average Bonchev–Trinajstić information content (AvgIpc) is 3.31. The van der Waals surface area contributed by atoms with E-state index < -0.39 is 0 Å². The molecular weight excluding hydrogens is 428 g/mol. The van der Waals surface area contributed by atoms with Crippen LogP contribution in [0.3, 0.4) is 0 Å². The van der Waals surface area contributed by atoms with Crippen LogP contribution in [0.25, 0.3) is 22.2 Å². The van der Waals surface area contributed by atoms with Crippen LogP contribution in [-0.4, -0.2) is 60.0 Å². The van der Waals surface area contributed by atoms with E-state index in [0.29, 0.717) is 28.9 Å². The Balaban J connectivity index is 1.24. The molecule has 1 aliphatic heterocycles. The first-order valence-electron chi connectivity index (χ1n) is 11.4. The number of hydrogen-bond acceptors (Lipinski definition) is 5. The number of nitrogens with zero attached hydrogens (tertiary/aromatic N) is 3. The fourth-order valence-corrected chi connectivity index (χ4v) is 4.12. The molecule has 5 rings (SSSR count). The molecule has 7 nitrogen and oxygen atoms in total. The first kappa shape index (κ1) is 21.9. The smallest absolute Gasteiger partial charge is 0.253 e. The van der Waals surface area contributed by atoms with Crippen molar-refractivity contribution in [2.24, 2.45) is 0 Å². The third-order valence-corrected chi connectivity index (χ3v) is 6.22. The maximum absolute atomic E-state index is 12.8. The van der Waals surface area contributed by atoms with Crippen LogP contribution in [0.4, 0.5) is 0 Å². The molecule has 2 amide bonds. The second-order valence-corrected chi connectivity index (χ2v) is 8.58. The summed E-state index contributed by atoms with van der Waals surface area (Å²) in [5, 5.41) is 7.86. The van der Waals surface area contributed by atoms with Gasteiger partial charge in [0.15, 0.2) is 5.76 Å². The third-order valence-electron chi connectivity index (χ3n) is 6.22. The zero-order valence-electron chi connectivity index (χ0n) is 19.0. The van der Waals surface area contributed by atoms with Gasteiger partial charge in [-0.1, -0.05) is 47.6 Å². The molecule has 2 heterocycles. The van der Waals surface area contributed by atoms with Crippen LogP contribution < -0.4 is 5.32 Å². The fourth-order valence-electron chi connectivity index (χ4n) is 4.12. The second kappa shape index (κ2) is 9.49. The lowest BCUT2D eigenvalue weighted by molar-refractivity contribution is 0.0664. The van der Waals surface area contributed by atoms with Crippen molar-refractivity contribution in [1.29, 1.82) is 0 Å². The molecule has 0 spiro atoms. The van der Waals surface area contributed by atoms with Crippen molar-refractivity contribution in [2.75, 3.05) is 33.2 Å². The minimum atomic E-state index is -0.181. The minimum absolute atomic E-state index is 0.0555. The quantitative estimate of drug-likeness (QED) is 0.496. The Bertz CT molecular complexity index is 1310. The molecule has 4 aromatic rings. The first-order chi connectivity index (χ1) is 16.6. The van der Waals surface area contributed by atoms with E-state index >= 15 is 0 Å². The maximum atomic E-state index is 12.8. The Kier molecular flexibility index (Phi) is 6.10. The molecule has 0 bridgehead atoms. The molecule has 3 aromatic carbocycles. The monoisotopic (exact) mass is 454 g/mol. The van der Waals surface area contributed by atoms with Gasteiger partial charge in [-0.15, -0.1) is 0 Å².